The Bertz CT molecular complexity index is 17.6. The zero-order chi connectivity index (χ0) is 4.28. The zero-order valence-corrected chi connectivity index (χ0v) is 6.93. The van der Waals surface area contributed by atoms with E-state index in [9.17, 15) is 0 Å². The fourth-order valence-electron chi connectivity index (χ4n) is 0. The molecule has 5 heavy (non-hydrogen) atoms. The van der Waals surface area contributed by atoms with Gasteiger partial charge in [0.1, 0.15) is 0 Å². The van der Waals surface area contributed by atoms with Gasteiger partial charge in [-0.15, -0.1) is 0 Å². The van der Waals surface area contributed by atoms with Crippen LogP contribution < -0.4 is 0 Å². The van der Waals surface area contributed by atoms with Crippen molar-refractivity contribution in [1.82, 2.24) is 0 Å². The summed E-state index contributed by atoms with van der Waals surface area (Å²) in [4.78, 5) is 2.37. The van der Waals surface area contributed by atoms with Gasteiger partial charge in [0.2, 0.25) is 0 Å². The van der Waals surface area contributed by atoms with Gasteiger partial charge in [-0.05, 0) is 0 Å². The van der Waals surface area contributed by atoms with Crippen molar-refractivity contribution in [2.75, 3.05) is 0 Å². The fraction of sp³-hybridized carbons (Fsp3) is 1.00. The third kappa shape index (κ3) is 4.80. The molecule has 0 aromatic heterocycles. The molecular weight excluding hydrogens is 167 g/mol. The molecule has 0 aliphatic heterocycles. The van der Waals surface area contributed by atoms with E-state index in [1.54, 1.807) is 0 Å². The molecule has 0 fully saturated rings. The predicted molar refractivity (Wildman–Crippen MR) is 26.7 cm³/mol. The second kappa shape index (κ2) is 3.01. The summed E-state index contributed by atoms with van der Waals surface area (Å²) in [5.41, 5.74) is 0. The quantitative estimate of drug-likeness (QED) is 0.533. The molecule has 0 spiro atoms. The maximum absolute atomic E-state index is 2.37. The van der Waals surface area contributed by atoms with E-state index < -0.39 is 0 Å². The first-order valence-corrected chi connectivity index (χ1v) is 6.45. The van der Waals surface area contributed by atoms with E-state index in [1.165, 1.54) is 0 Å². The SMILES string of the molecule is [CH3][Sn][CH](C)C. The summed E-state index contributed by atoms with van der Waals surface area (Å²) in [6.07, 6.45) is 0. The van der Waals surface area contributed by atoms with Gasteiger partial charge in [-0.2, -0.15) is 0 Å². The average Bonchev–Trinajstić information content (AvgIpc) is 1.38. The van der Waals surface area contributed by atoms with Crippen LogP contribution in [0, 0.1) is 0 Å². The third-order valence-corrected chi connectivity index (χ3v) is 3.87. The normalized spacial score (nSPS) is 9.60. The zero-order valence-electron chi connectivity index (χ0n) is 4.08. The summed E-state index contributed by atoms with van der Waals surface area (Å²) >= 11 is 0.134. The van der Waals surface area contributed by atoms with E-state index >= 15 is 0 Å². The van der Waals surface area contributed by atoms with Crippen molar-refractivity contribution in [1.29, 1.82) is 0 Å². The molecule has 0 aliphatic rings. The Labute approximate surface area is 44.2 Å². The van der Waals surface area contributed by atoms with Crippen LogP contribution in [0.25, 0.3) is 0 Å². The minimum absolute atomic E-state index is 0.134. The summed E-state index contributed by atoms with van der Waals surface area (Å²) in [6, 6.07) is 0. The number of hydrogen-bond donors (Lipinski definition) is 0. The second-order valence-electron chi connectivity index (χ2n) is 1.44. The standard InChI is InChI=1S/C3H7.CH3.Sn/c1-3-2;;/h3H,1-2H3;1H3;. The Morgan fingerprint density at radius 3 is 1.60 bits per heavy atom. The van der Waals surface area contributed by atoms with Gasteiger partial charge in [0, 0.05) is 0 Å². The van der Waals surface area contributed by atoms with Gasteiger partial charge in [0.15, 0.2) is 0 Å². The van der Waals surface area contributed by atoms with Crippen molar-refractivity contribution in [3.05, 3.63) is 0 Å². The van der Waals surface area contributed by atoms with Crippen LogP contribution in [-0.4, -0.2) is 21.1 Å². The Morgan fingerprint density at radius 1 is 1.40 bits per heavy atom. The number of hydrogen-bond acceptors (Lipinski definition) is 0. The van der Waals surface area contributed by atoms with Gasteiger partial charge in [-0.25, -0.2) is 0 Å². The van der Waals surface area contributed by atoms with Crippen LogP contribution >= 0.6 is 0 Å². The summed E-state index contributed by atoms with van der Waals surface area (Å²) < 4.78 is 1.05. The molecule has 30 valence electrons. The summed E-state index contributed by atoms with van der Waals surface area (Å²) in [7, 11) is 0. The summed E-state index contributed by atoms with van der Waals surface area (Å²) in [5.74, 6) is 0. The average molecular weight is 177 g/mol. The molecule has 1 heteroatoms. The monoisotopic (exact) mass is 178 g/mol. The Morgan fingerprint density at radius 2 is 1.60 bits per heavy atom. The molecule has 0 rings (SSSR count). The first-order valence-electron chi connectivity index (χ1n) is 1.94. The van der Waals surface area contributed by atoms with Crippen molar-refractivity contribution in [3.8, 4) is 0 Å². The van der Waals surface area contributed by atoms with Crippen LogP contribution in [0.3, 0.4) is 0 Å². The van der Waals surface area contributed by atoms with Crippen LogP contribution in [0.2, 0.25) is 8.87 Å². The van der Waals surface area contributed by atoms with Crippen molar-refractivity contribution >= 4 is 21.1 Å². The molecule has 0 saturated heterocycles. The van der Waals surface area contributed by atoms with E-state index in [0.29, 0.717) is 0 Å². The van der Waals surface area contributed by atoms with E-state index in [1.807, 2.05) is 0 Å². The molecule has 0 aromatic rings. The molecule has 2 radical (unpaired) electrons. The number of rotatable bonds is 1. The Kier molecular flexibility index (Phi) is 3.49. The van der Waals surface area contributed by atoms with Crippen LogP contribution in [0.4, 0.5) is 0 Å². The molecule has 0 atom stereocenters. The second-order valence-corrected chi connectivity index (χ2v) is 6.39. The van der Waals surface area contributed by atoms with Crippen molar-refractivity contribution in [2.24, 2.45) is 0 Å². The van der Waals surface area contributed by atoms with Crippen molar-refractivity contribution < 1.29 is 0 Å². The molecule has 0 bridgehead atoms. The Hall–Kier alpha value is 0.799. The van der Waals surface area contributed by atoms with Crippen LogP contribution in [0.15, 0.2) is 0 Å². The van der Waals surface area contributed by atoms with Crippen LogP contribution in [-0.2, 0) is 0 Å². The van der Waals surface area contributed by atoms with Gasteiger partial charge in [0.05, 0.1) is 0 Å². The first kappa shape index (κ1) is 5.80. The van der Waals surface area contributed by atoms with Gasteiger partial charge in [-0.3, -0.25) is 0 Å². The molecule has 0 aliphatic carbocycles. The molecule has 0 N–H and O–H groups in total. The van der Waals surface area contributed by atoms with Gasteiger partial charge < -0.3 is 0 Å². The summed E-state index contributed by atoms with van der Waals surface area (Å²) in [6.45, 7) is 4.60. The molecule has 0 saturated carbocycles. The van der Waals surface area contributed by atoms with Crippen LogP contribution in [0.5, 0.6) is 0 Å². The van der Waals surface area contributed by atoms with E-state index in [2.05, 4.69) is 18.8 Å². The minimum atomic E-state index is 0.134. The molecule has 0 heterocycles. The molecule has 0 nitrogen and oxygen atoms in total. The molecular formula is C4H10Sn. The van der Waals surface area contributed by atoms with Crippen molar-refractivity contribution in [2.45, 2.75) is 22.7 Å². The molecule has 0 unspecified atom stereocenters. The van der Waals surface area contributed by atoms with Gasteiger partial charge in [-0.1, -0.05) is 0 Å². The van der Waals surface area contributed by atoms with E-state index in [0.717, 1.165) is 3.93 Å². The first-order chi connectivity index (χ1) is 2.27. The van der Waals surface area contributed by atoms with Crippen LogP contribution in [0.1, 0.15) is 13.8 Å². The Balaban J connectivity index is 2.54. The van der Waals surface area contributed by atoms with Crippen molar-refractivity contribution in [3.63, 3.8) is 0 Å². The predicted octanol–water partition coefficient (Wildman–Crippen LogP) is 1.57. The maximum atomic E-state index is 2.37. The van der Waals surface area contributed by atoms with E-state index in [-0.39, 0.29) is 21.1 Å². The van der Waals surface area contributed by atoms with Gasteiger partial charge in [0.25, 0.3) is 0 Å². The fourth-order valence-corrected chi connectivity index (χ4v) is 0. The molecule has 0 amide bonds. The van der Waals surface area contributed by atoms with E-state index in [4.69, 9.17) is 0 Å². The third-order valence-electron chi connectivity index (χ3n) is 0.577. The summed E-state index contributed by atoms with van der Waals surface area (Å²) in [5, 5.41) is 0. The van der Waals surface area contributed by atoms with Gasteiger partial charge >= 0.3 is 43.9 Å². The molecule has 0 aromatic carbocycles. The topological polar surface area (TPSA) is 0 Å².